The molecule has 1 fully saturated rings. The second-order valence-electron chi connectivity index (χ2n) is 6.00. The van der Waals surface area contributed by atoms with E-state index >= 15 is 0 Å². The van der Waals surface area contributed by atoms with Gasteiger partial charge in [-0.25, -0.2) is 0 Å². The fourth-order valence-corrected chi connectivity index (χ4v) is 3.41. The monoisotopic (exact) mass is 361 g/mol. The fraction of sp³-hybridized carbons (Fsp3) is 0.500. The molecule has 1 atom stereocenters. The van der Waals surface area contributed by atoms with E-state index < -0.39 is 0 Å². The minimum Gasteiger partial charge on any atom is -0.490 e. The molecule has 1 unspecified atom stereocenters. The first kappa shape index (κ1) is 17.8. The number of unbranched alkanes of at least 4 members (excludes halogenated alkanes) is 1. The molecule has 25 heavy (non-hydrogen) atoms. The van der Waals surface area contributed by atoms with Crippen LogP contribution in [0.15, 0.2) is 24.3 Å². The van der Waals surface area contributed by atoms with Crippen LogP contribution in [0.5, 0.6) is 5.75 Å². The Morgan fingerprint density at radius 1 is 1.40 bits per heavy atom. The van der Waals surface area contributed by atoms with E-state index in [1.165, 1.54) is 11.3 Å². The molecule has 1 aliphatic heterocycles. The number of hydrogen-bond acceptors (Lipinski definition) is 6. The Bertz CT molecular complexity index is 698. The van der Waals surface area contributed by atoms with Crippen LogP contribution in [0.1, 0.15) is 48.0 Å². The first-order chi connectivity index (χ1) is 12.3. The van der Waals surface area contributed by atoms with Gasteiger partial charge in [-0.15, -0.1) is 10.2 Å². The summed E-state index contributed by atoms with van der Waals surface area (Å²) in [6.45, 7) is 3.38. The van der Waals surface area contributed by atoms with E-state index in [2.05, 4.69) is 22.4 Å². The van der Waals surface area contributed by atoms with E-state index in [0.29, 0.717) is 23.1 Å². The van der Waals surface area contributed by atoms with Crippen molar-refractivity contribution in [2.24, 2.45) is 0 Å². The molecule has 2 heterocycles. The quantitative estimate of drug-likeness (QED) is 0.776. The Labute approximate surface area is 151 Å². The highest BCUT2D eigenvalue weighted by Crippen LogP contribution is 2.23. The molecule has 1 N–H and O–H groups in total. The number of carbonyl (C=O) groups is 1. The summed E-state index contributed by atoms with van der Waals surface area (Å²) in [6, 6.07) is 7.23. The highest BCUT2D eigenvalue weighted by molar-refractivity contribution is 7.15. The highest BCUT2D eigenvalue weighted by atomic mass is 32.1. The molecule has 1 saturated heterocycles. The number of para-hydroxylation sites is 1. The molecule has 0 bridgehead atoms. The molecule has 1 aromatic carbocycles. The molecular weight excluding hydrogens is 338 g/mol. The maximum Gasteiger partial charge on any atom is 0.261 e. The van der Waals surface area contributed by atoms with Gasteiger partial charge in [-0.1, -0.05) is 36.8 Å². The van der Waals surface area contributed by atoms with Crippen LogP contribution in [0.4, 0.5) is 5.13 Å². The lowest BCUT2D eigenvalue weighted by atomic mass is 10.2. The smallest absolute Gasteiger partial charge is 0.261 e. The van der Waals surface area contributed by atoms with E-state index in [-0.39, 0.29) is 12.0 Å². The molecule has 0 saturated carbocycles. The van der Waals surface area contributed by atoms with E-state index in [4.69, 9.17) is 9.47 Å². The Hall–Kier alpha value is -1.99. The van der Waals surface area contributed by atoms with E-state index in [0.717, 1.165) is 43.7 Å². The van der Waals surface area contributed by atoms with Crippen molar-refractivity contribution in [2.75, 3.05) is 18.5 Å². The number of nitrogens with one attached hydrogen (secondary N) is 1. The van der Waals surface area contributed by atoms with Crippen molar-refractivity contribution in [1.29, 1.82) is 0 Å². The zero-order valence-corrected chi connectivity index (χ0v) is 15.2. The van der Waals surface area contributed by atoms with Crippen LogP contribution in [-0.2, 0) is 11.2 Å². The first-order valence-corrected chi connectivity index (χ1v) is 9.55. The number of aryl methyl sites for hydroxylation is 1. The number of hydrogen-bond donors (Lipinski definition) is 1. The molecule has 1 aromatic heterocycles. The molecule has 1 amide bonds. The summed E-state index contributed by atoms with van der Waals surface area (Å²) in [5.74, 6) is 0.326. The number of ether oxygens (including phenoxy) is 2. The Balaban J connectivity index is 1.62. The molecule has 6 nitrogen and oxygen atoms in total. The number of benzene rings is 1. The van der Waals surface area contributed by atoms with Gasteiger partial charge in [0.05, 0.1) is 11.7 Å². The summed E-state index contributed by atoms with van der Waals surface area (Å²) in [4.78, 5) is 12.6. The predicted octanol–water partition coefficient (Wildman–Crippen LogP) is 3.69. The van der Waals surface area contributed by atoms with Gasteiger partial charge in [-0.2, -0.15) is 0 Å². The van der Waals surface area contributed by atoms with Crippen LogP contribution < -0.4 is 10.1 Å². The van der Waals surface area contributed by atoms with Crippen LogP contribution in [0, 0.1) is 0 Å². The normalized spacial score (nSPS) is 16.8. The van der Waals surface area contributed by atoms with Crippen LogP contribution in [0.25, 0.3) is 0 Å². The molecular formula is C18H23N3O3S. The molecule has 3 rings (SSSR count). The molecule has 134 valence electrons. The Morgan fingerprint density at radius 2 is 2.28 bits per heavy atom. The first-order valence-electron chi connectivity index (χ1n) is 8.73. The van der Waals surface area contributed by atoms with Gasteiger partial charge in [0.2, 0.25) is 5.13 Å². The summed E-state index contributed by atoms with van der Waals surface area (Å²) in [5.41, 5.74) is 0.491. The summed E-state index contributed by atoms with van der Waals surface area (Å²) in [7, 11) is 0. The third kappa shape index (κ3) is 4.99. The van der Waals surface area contributed by atoms with Crippen molar-refractivity contribution < 1.29 is 14.3 Å². The van der Waals surface area contributed by atoms with Crippen molar-refractivity contribution in [1.82, 2.24) is 10.2 Å². The van der Waals surface area contributed by atoms with Gasteiger partial charge in [-0.05, 0) is 31.4 Å². The predicted molar refractivity (Wildman–Crippen MR) is 97.4 cm³/mol. The minimum atomic E-state index is -0.235. The van der Waals surface area contributed by atoms with Crippen molar-refractivity contribution in [2.45, 2.75) is 45.1 Å². The van der Waals surface area contributed by atoms with Gasteiger partial charge in [-0.3, -0.25) is 10.1 Å². The molecule has 0 aliphatic carbocycles. The molecule has 2 aromatic rings. The van der Waals surface area contributed by atoms with Crippen molar-refractivity contribution in [3.8, 4) is 5.75 Å². The third-order valence-electron chi connectivity index (χ3n) is 4.01. The van der Waals surface area contributed by atoms with Crippen molar-refractivity contribution in [3.63, 3.8) is 0 Å². The number of amides is 1. The van der Waals surface area contributed by atoms with Crippen LogP contribution >= 0.6 is 11.3 Å². The Morgan fingerprint density at radius 3 is 3.08 bits per heavy atom. The topological polar surface area (TPSA) is 73.3 Å². The lowest BCUT2D eigenvalue weighted by molar-refractivity contribution is 0.0673. The number of carbonyl (C=O) groups excluding carboxylic acids is 1. The second-order valence-corrected chi connectivity index (χ2v) is 7.06. The molecule has 7 heteroatoms. The lowest BCUT2D eigenvalue weighted by Crippen LogP contribution is -2.19. The summed E-state index contributed by atoms with van der Waals surface area (Å²) in [6.07, 6.45) is 5.25. The van der Waals surface area contributed by atoms with Crippen LogP contribution in [0.3, 0.4) is 0 Å². The van der Waals surface area contributed by atoms with Crippen LogP contribution in [0.2, 0.25) is 0 Å². The summed E-state index contributed by atoms with van der Waals surface area (Å²) in [5, 5.41) is 12.4. The van der Waals surface area contributed by atoms with Crippen LogP contribution in [-0.4, -0.2) is 35.4 Å². The average Bonchev–Trinajstić information content (AvgIpc) is 3.30. The van der Waals surface area contributed by atoms with Crippen molar-refractivity contribution in [3.05, 3.63) is 34.8 Å². The van der Waals surface area contributed by atoms with Gasteiger partial charge in [0.25, 0.3) is 5.91 Å². The third-order valence-corrected chi connectivity index (χ3v) is 4.91. The van der Waals surface area contributed by atoms with E-state index in [9.17, 15) is 4.79 Å². The standard InChI is InChI=1S/C18H23N3O3S/c1-2-3-10-16-20-21-18(25-16)19-17(22)14-8-4-5-9-15(14)24-12-13-7-6-11-23-13/h4-5,8-9,13H,2-3,6-7,10-12H2,1H3,(H,19,21,22). The van der Waals surface area contributed by atoms with Gasteiger partial charge >= 0.3 is 0 Å². The zero-order valence-electron chi connectivity index (χ0n) is 14.4. The fourth-order valence-electron chi connectivity index (χ4n) is 2.64. The highest BCUT2D eigenvalue weighted by Gasteiger charge is 2.19. The van der Waals surface area contributed by atoms with Crippen molar-refractivity contribution >= 4 is 22.4 Å². The van der Waals surface area contributed by atoms with Gasteiger partial charge in [0.1, 0.15) is 17.4 Å². The van der Waals surface area contributed by atoms with Gasteiger partial charge < -0.3 is 9.47 Å². The van der Waals surface area contributed by atoms with Gasteiger partial charge in [0.15, 0.2) is 0 Å². The average molecular weight is 361 g/mol. The zero-order chi connectivity index (χ0) is 17.5. The summed E-state index contributed by atoms with van der Waals surface area (Å²) < 4.78 is 11.4. The summed E-state index contributed by atoms with van der Waals surface area (Å²) >= 11 is 1.42. The number of anilines is 1. The lowest BCUT2D eigenvalue weighted by Gasteiger charge is -2.14. The Kier molecular flexibility index (Phi) is 6.36. The largest absolute Gasteiger partial charge is 0.490 e. The number of aromatic nitrogens is 2. The van der Waals surface area contributed by atoms with E-state index in [1.54, 1.807) is 12.1 Å². The molecule has 0 spiro atoms. The number of rotatable bonds is 8. The molecule has 0 radical (unpaired) electrons. The SMILES string of the molecule is CCCCc1nnc(NC(=O)c2ccccc2OCC2CCCO2)s1. The van der Waals surface area contributed by atoms with E-state index in [1.807, 2.05) is 12.1 Å². The second kappa shape index (κ2) is 8.92. The van der Waals surface area contributed by atoms with Gasteiger partial charge in [0, 0.05) is 13.0 Å². The minimum absolute atomic E-state index is 0.111. The number of nitrogens with zero attached hydrogens (tertiary/aromatic N) is 2. The molecule has 1 aliphatic rings. The maximum atomic E-state index is 12.6. The maximum absolute atomic E-state index is 12.6.